The van der Waals surface area contributed by atoms with Gasteiger partial charge in [-0.25, -0.2) is 9.78 Å². The first-order valence-electron chi connectivity index (χ1n) is 6.68. The van der Waals surface area contributed by atoms with Crippen molar-refractivity contribution in [1.82, 2.24) is 15.2 Å². The first-order valence-corrected chi connectivity index (χ1v) is 7.56. The lowest BCUT2D eigenvalue weighted by Gasteiger charge is -2.37. The van der Waals surface area contributed by atoms with Gasteiger partial charge in [0.05, 0.1) is 31.2 Å². The van der Waals surface area contributed by atoms with E-state index >= 15 is 0 Å². The number of urea groups is 1. The van der Waals surface area contributed by atoms with Crippen molar-refractivity contribution in [3.05, 3.63) is 16.6 Å². The van der Waals surface area contributed by atoms with Gasteiger partial charge < -0.3 is 20.1 Å². The van der Waals surface area contributed by atoms with E-state index in [1.165, 1.54) is 16.2 Å². The molecule has 1 fully saturated rings. The van der Waals surface area contributed by atoms with Gasteiger partial charge >= 0.3 is 12.0 Å². The molecule has 2 N–H and O–H groups in total. The Morgan fingerprint density at radius 3 is 3.00 bits per heavy atom. The molecule has 7 nitrogen and oxygen atoms in total. The summed E-state index contributed by atoms with van der Waals surface area (Å²) in [6, 6.07) is -0.729. The van der Waals surface area contributed by atoms with E-state index in [9.17, 15) is 9.59 Å². The Hall–Kier alpha value is -1.67. The maximum Gasteiger partial charge on any atom is 0.318 e. The molecule has 1 aliphatic rings. The van der Waals surface area contributed by atoms with Crippen LogP contribution in [0.3, 0.4) is 0 Å². The van der Waals surface area contributed by atoms with E-state index in [2.05, 4.69) is 10.3 Å². The van der Waals surface area contributed by atoms with Crippen molar-refractivity contribution in [2.45, 2.75) is 31.8 Å². The van der Waals surface area contributed by atoms with Gasteiger partial charge in [0.25, 0.3) is 0 Å². The van der Waals surface area contributed by atoms with Gasteiger partial charge in [-0.2, -0.15) is 0 Å². The third-order valence-electron chi connectivity index (χ3n) is 3.29. The first-order chi connectivity index (χ1) is 9.90. The van der Waals surface area contributed by atoms with Crippen LogP contribution < -0.4 is 5.32 Å². The van der Waals surface area contributed by atoms with E-state index in [0.29, 0.717) is 13.2 Å². The molecule has 0 bridgehead atoms. The number of carboxylic acid groups (broad SMARTS) is 1. The van der Waals surface area contributed by atoms with Crippen molar-refractivity contribution in [3.8, 4) is 0 Å². The van der Waals surface area contributed by atoms with Crippen molar-refractivity contribution in [2.24, 2.45) is 0 Å². The number of nitrogens with zero attached hydrogens (tertiary/aromatic N) is 2. The molecule has 2 rings (SSSR count). The number of carbonyl (C=O) groups is 2. The van der Waals surface area contributed by atoms with Gasteiger partial charge in [-0.15, -0.1) is 11.3 Å². The lowest BCUT2D eigenvalue weighted by Crippen LogP contribution is -2.56. The van der Waals surface area contributed by atoms with Crippen LogP contribution in [0.25, 0.3) is 0 Å². The highest BCUT2D eigenvalue weighted by Crippen LogP contribution is 2.23. The monoisotopic (exact) mass is 313 g/mol. The summed E-state index contributed by atoms with van der Waals surface area (Å²) in [5.74, 6) is -0.942. The number of rotatable bonds is 4. The van der Waals surface area contributed by atoms with E-state index in [1.807, 2.05) is 19.2 Å². The summed E-state index contributed by atoms with van der Waals surface area (Å²) in [4.78, 5) is 29.1. The number of morpholine rings is 1. The summed E-state index contributed by atoms with van der Waals surface area (Å²) < 4.78 is 5.27. The maximum atomic E-state index is 12.4. The molecule has 2 heterocycles. The topological polar surface area (TPSA) is 91.8 Å². The van der Waals surface area contributed by atoms with Crippen molar-refractivity contribution < 1.29 is 19.4 Å². The second-order valence-corrected chi connectivity index (χ2v) is 6.31. The molecule has 2 amide bonds. The number of ether oxygens (including phenoxy) is 1. The van der Waals surface area contributed by atoms with Crippen LogP contribution in [0.15, 0.2) is 11.6 Å². The van der Waals surface area contributed by atoms with E-state index in [4.69, 9.17) is 9.84 Å². The fourth-order valence-electron chi connectivity index (χ4n) is 2.22. The third-order valence-corrected chi connectivity index (χ3v) is 4.38. The van der Waals surface area contributed by atoms with Crippen LogP contribution >= 0.6 is 11.3 Å². The standard InChI is InChI=1S/C13H19N3O4S/c1-13(2,11-14-3-6-21-11)15-12(19)16-4-5-20-8-9(16)7-10(17)18/h3,6,9H,4-5,7-8H2,1-2H3,(H,15,19)(H,17,18). The largest absolute Gasteiger partial charge is 0.481 e. The number of carbonyl (C=O) groups excluding carboxylic acids is 1. The van der Waals surface area contributed by atoms with Gasteiger partial charge in [0.2, 0.25) is 0 Å². The molecule has 8 heteroatoms. The van der Waals surface area contributed by atoms with Gasteiger partial charge in [-0.3, -0.25) is 4.79 Å². The molecular weight excluding hydrogens is 294 g/mol. The molecule has 0 spiro atoms. The molecule has 1 aromatic heterocycles. The Labute approximate surface area is 126 Å². The van der Waals surface area contributed by atoms with Gasteiger partial charge in [-0.1, -0.05) is 0 Å². The van der Waals surface area contributed by atoms with E-state index < -0.39 is 17.6 Å². The highest BCUT2D eigenvalue weighted by atomic mass is 32.1. The summed E-state index contributed by atoms with van der Waals surface area (Å²) in [6.45, 7) is 4.79. The van der Waals surface area contributed by atoms with Crippen LogP contribution in [-0.4, -0.2) is 52.8 Å². The average Bonchev–Trinajstić information content (AvgIpc) is 2.92. The fourth-order valence-corrected chi connectivity index (χ4v) is 2.94. The number of hydrogen-bond donors (Lipinski definition) is 2. The smallest absolute Gasteiger partial charge is 0.318 e. The number of aliphatic carboxylic acids is 1. The number of hydrogen-bond acceptors (Lipinski definition) is 5. The lowest BCUT2D eigenvalue weighted by atomic mass is 10.1. The summed E-state index contributed by atoms with van der Waals surface area (Å²) in [5, 5.41) is 14.5. The Balaban J connectivity index is 2.05. The molecule has 1 saturated heterocycles. The van der Waals surface area contributed by atoms with Crippen molar-refractivity contribution in [2.75, 3.05) is 19.8 Å². The molecule has 116 valence electrons. The molecule has 0 aromatic carbocycles. The Bertz CT molecular complexity index is 504. The molecule has 21 heavy (non-hydrogen) atoms. The van der Waals surface area contributed by atoms with Crippen molar-refractivity contribution in [3.63, 3.8) is 0 Å². The quantitative estimate of drug-likeness (QED) is 0.873. The molecule has 0 radical (unpaired) electrons. The molecule has 1 unspecified atom stereocenters. The molecule has 1 aromatic rings. The predicted octanol–water partition coefficient (Wildman–Crippen LogP) is 1.26. The highest BCUT2D eigenvalue weighted by molar-refractivity contribution is 7.09. The number of amides is 2. The van der Waals surface area contributed by atoms with E-state index in [1.54, 1.807) is 6.20 Å². The second kappa shape index (κ2) is 6.40. The minimum atomic E-state index is -0.942. The number of carboxylic acids is 1. The molecular formula is C13H19N3O4S. The van der Waals surface area contributed by atoms with E-state index in [-0.39, 0.29) is 19.1 Å². The summed E-state index contributed by atoms with van der Waals surface area (Å²) in [7, 11) is 0. The summed E-state index contributed by atoms with van der Waals surface area (Å²) in [6.07, 6.45) is 1.57. The zero-order valence-corrected chi connectivity index (χ0v) is 12.9. The Morgan fingerprint density at radius 1 is 1.62 bits per heavy atom. The van der Waals surface area contributed by atoms with Gasteiger partial charge in [0.15, 0.2) is 0 Å². The Kier molecular flexibility index (Phi) is 4.79. The SMILES string of the molecule is CC(C)(NC(=O)N1CCOCC1CC(=O)O)c1nccs1. The van der Waals surface area contributed by atoms with Crippen LogP contribution in [0, 0.1) is 0 Å². The second-order valence-electron chi connectivity index (χ2n) is 5.41. The average molecular weight is 313 g/mol. The minimum absolute atomic E-state index is 0.120. The maximum absolute atomic E-state index is 12.4. The van der Waals surface area contributed by atoms with E-state index in [0.717, 1.165) is 5.01 Å². The summed E-state index contributed by atoms with van der Waals surface area (Å²) >= 11 is 1.47. The van der Waals surface area contributed by atoms with Crippen molar-refractivity contribution >= 4 is 23.3 Å². The molecule has 0 aliphatic carbocycles. The molecule has 1 aliphatic heterocycles. The Morgan fingerprint density at radius 2 is 2.38 bits per heavy atom. The zero-order valence-electron chi connectivity index (χ0n) is 12.0. The fraction of sp³-hybridized carbons (Fsp3) is 0.615. The normalized spacial score (nSPS) is 19.3. The molecule has 0 saturated carbocycles. The van der Waals surface area contributed by atoms with Gasteiger partial charge in [0.1, 0.15) is 5.01 Å². The van der Waals surface area contributed by atoms with Crippen LogP contribution in [0.4, 0.5) is 4.79 Å². The van der Waals surface area contributed by atoms with Crippen LogP contribution in [0.2, 0.25) is 0 Å². The minimum Gasteiger partial charge on any atom is -0.481 e. The third kappa shape index (κ3) is 3.92. The van der Waals surface area contributed by atoms with Crippen LogP contribution in [0.5, 0.6) is 0 Å². The van der Waals surface area contributed by atoms with Gasteiger partial charge in [-0.05, 0) is 13.8 Å². The van der Waals surface area contributed by atoms with Crippen molar-refractivity contribution in [1.29, 1.82) is 0 Å². The first kappa shape index (κ1) is 15.7. The molecule has 1 atom stereocenters. The number of thiazole rings is 1. The lowest BCUT2D eigenvalue weighted by molar-refractivity contribution is -0.139. The van der Waals surface area contributed by atoms with Crippen LogP contribution in [-0.2, 0) is 15.1 Å². The van der Waals surface area contributed by atoms with Crippen LogP contribution in [0.1, 0.15) is 25.3 Å². The number of nitrogens with one attached hydrogen (secondary N) is 1. The summed E-state index contributed by atoms with van der Waals surface area (Å²) in [5.41, 5.74) is -0.600. The zero-order chi connectivity index (χ0) is 15.5. The number of aromatic nitrogens is 1. The highest BCUT2D eigenvalue weighted by Gasteiger charge is 2.33. The van der Waals surface area contributed by atoms with Gasteiger partial charge in [0, 0.05) is 18.1 Å². The predicted molar refractivity (Wildman–Crippen MR) is 77.2 cm³/mol.